The third-order valence-corrected chi connectivity index (χ3v) is 0.940. The third-order valence-electron chi connectivity index (χ3n) is 0.940. The smallest absolute Gasteiger partial charge is 0.545 e. The van der Waals surface area contributed by atoms with Gasteiger partial charge in [-0.1, -0.05) is 35.9 Å². The molecule has 1 aromatic carbocycles. The molecule has 0 saturated carbocycles. The predicted molar refractivity (Wildman–Crippen MR) is 51.4 cm³/mol. The van der Waals surface area contributed by atoms with Gasteiger partial charge in [-0.25, -0.2) is 0 Å². The van der Waals surface area contributed by atoms with Crippen LogP contribution < -0.4 is 0 Å². The first-order chi connectivity index (χ1) is 6.39. The molecule has 0 aliphatic heterocycles. The average molecular weight is 231 g/mol. The van der Waals surface area contributed by atoms with E-state index in [0.717, 1.165) is 0 Å². The fourth-order valence-corrected chi connectivity index (χ4v) is 0.534. The van der Waals surface area contributed by atoms with Crippen molar-refractivity contribution in [2.24, 2.45) is 0 Å². The van der Waals surface area contributed by atoms with Crippen LogP contribution in [-0.4, -0.2) is 20.4 Å². The Morgan fingerprint density at radius 1 is 0.786 bits per heavy atom. The molecule has 0 aromatic heterocycles. The first-order valence-corrected chi connectivity index (χ1v) is 3.12. The minimum Gasteiger partial charge on any atom is -0.545 e. The van der Waals surface area contributed by atoms with Crippen LogP contribution in [0.1, 0.15) is 5.56 Å². The van der Waals surface area contributed by atoms with Crippen molar-refractivity contribution in [1.29, 1.82) is 0 Å². The van der Waals surface area contributed by atoms with Crippen molar-refractivity contribution in [1.82, 2.24) is 0 Å². The molecular formula is C10H11CrO3. The summed E-state index contributed by atoms with van der Waals surface area (Å²) in [5.74, 6) is 0. The van der Waals surface area contributed by atoms with E-state index in [1.165, 1.54) is 5.56 Å². The minimum atomic E-state index is 0. The zero-order chi connectivity index (χ0) is 11.1. The average Bonchev–Trinajstić information content (AvgIpc) is 2.28. The van der Waals surface area contributed by atoms with E-state index >= 15 is 0 Å². The zero-order valence-corrected chi connectivity index (χ0v) is 9.03. The first kappa shape index (κ1) is 23.0. The SMILES string of the molecule is Cc1ccccc1.[CH-]=O.[CH-]=O.[CH-]=O.[Cr+3]. The van der Waals surface area contributed by atoms with Gasteiger partial charge in [0.15, 0.2) is 0 Å². The van der Waals surface area contributed by atoms with Crippen LogP contribution in [0, 0.1) is 6.92 Å². The van der Waals surface area contributed by atoms with Crippen molar-refractivity contribution < 1.29 is 31.7 Å². The van der Waals surface area contributed by atoms with Crippen molar-refractivity contribution >= 4 is 20.4 Å². The molecule has 1 aromatic rings. The van der Waals surface area contributed by atoms with Gasteiger partial charge in [0.05, 0.1) is 0 Å². The molecule has 0 aliphatic carbocycles. The second-order valence-corrected chi connectivity index (χ2v) is 1.65. The second-order valence-electron chi connectivity index (χ2n) is 1.65. The Kier molecular flexibility index (Phi) is 48.9. The fraction of sp³-hybridized carbons (Fsp3) is 0.100. The summed E-state index contributed by atoms with van der Waals surface area (Å²) in [6.45, 7) is 11.8. The van der Waals surface area contributed by atoms with Crippen LogP contribution in [0.25, 0.3) is 0 Å². The third kappa shape index (κ3) is 22.4. The molecule has 0 heterocycles. The summed E-state index contributed by atoms with van der Waals surface area (Å²) in [6, 6.07) is 10.3. The van der Waals surface area contributed by atoms with Crippen LogP contribution >= 0.6 is 0 Å². The Balaban J connectivity index is -0.0000000625. The molecule has 0 spiro atoms. The van der Waals surface area contributed by atoms with Gasteiger partial charge >= 0.3 is 17.4 Å². The molecule has 0 N–H and O–H groups in total. The number of benzene rings is 1. The standard InChI is InChI=1S/C7H8.3CHO.Cr/c1-7-5-3-2-4-6-7;3*1-2;/h2-6H,1H3;3*1H;/q;3*-1;+3. The van der Waals surface area contributed by atoms with Gasteiger partial charge in [0.25, 0.3) is 0 Å². The molecule has 1 radical (unpaired) electrons. The van der Waals surface area contributed by atoms with Crippen molar-refractivity contribution in [3.63, 3.8) is 0 Å². The van der Waals surface area contributed by atoms with Gasteiger partial charge in [-0.05, 0) is 6.92 Å². The van der Waals surface area contributed by atoms with Crippen LogP contribution in [0.2, 0.25) is 0 Å². The Labute approximate surface area is 95.3 Å². The van der Waals surface area contributed by atoms with Crippen molar-refractivity contribution in [3.8, 4) is 0 Å². The summed E-state index contributed by atoms with van der Waals surface area (Å²) in [7, 11) is 0. The van der Waals surface area contributed by atoms with Crippen LogP contribution in [-0.2, 0) is 31.7 Å². The normalized spacial score (nSPS) is 5.21. The molecule has 75 valence electrons. The number of aryl methyl sites for hydroxylation is 1. The minimum absolute atomic E-state index is 0. The van der Waals surface area contributed by atoms with Gasteiger partial charge in [-0.3, -0.25) is 20.4 Å². The van der Waals surface area contributed by atoms with E-state index in [0.29, 0.717) is 0 Å². The van der Waals surface area contributed by atoms with Gasteiger partial charge in [0.1, 0.15) is 0 Å². The molecule has 0 atom stereocenters. The molecule has 0 fully saturated rings. The van der Waals surface area contributed by atoms with E-state index < -0.39 is 0 Å². The molecule has 4 heteroatoms. The van der Waals surface area contributed by atoms with Gasteiger partial charge in [-0.15, -0.1) is 0 Å². The Hall–Kier alpha value is -1.24. The second kappa shape index (κ2) is 29.8. The maximum Gasteiger partial charge on any atom is 3.00 e. The molecule has 0 bridgehead atoms. The summed E-state index contributed by atoms with van der Waals surface area (Å²) in [4.78, 5) is 23.2. The van der Waals surface area contributed by atoms with Crippen LogP contribution in [0.15, 0.2) is 30.3 Å². The topological polar surface area (TPSA) is 51.2 Å². The number of hydrogen-bond acceptors (Lipinski definition) is 3. The fourth-order valence-electron chi connectivity index (χ4n) is 0.534. The van der Waals surface area contributed by atoms with Crippen molar-refractivity contribution in [2.75, 3.05) is 0 Å². The Bertz CT molecular complexity index is 175. The summed E-state index contributed by atoms with van der Waals surface area (Å²) >= 11 is 0. The zero-order valence-electron chi connectivity index (χ0n) is 7.75. The largest absolute Gasteiger partial charge is 3.00 e. The van der Waals surface area contributed by atoms with E-state index in [1.807, 2.05) is 18.2 Å². The van der Waals surface area contributed by atoms with Crippen LogP contribution in [0.4, 0.5) is 0 Å². The molecule has 0 amide bonds. The predicted octanol–water partition coefficient (Wildman–Crippen LogP) is 1.17. The Morgan fingerprint density at radius 3 is 1.21 bits per heavy atom. The maximum atomic E-state index is 7.75. The molecule has 0 aliphatic rings. The monoisotopic (exact) mass is 231 g/mol. The molecule has 0 unspecified atom stereocenters. The van der Waals surface area contributed by atoms with E-state index in [4.69, 9.17) is 14.4 Å². The summed E-state index contributed by atoms with van der Waals surface area (Å²) in [5, 5.41) is 0. The van der Waals surface area contributed by atoms with Crippen molar-refractivity contribution in [2.45, 2.75) is 6.92 Å². The molecule has 1 rings (SSSR count). The molecule has 3 nitrogen and oxygen atoms in total. The quantitative estimate of drug-likeness (QED) is 0.497. The number of rotatable bonds is 0. The summed E-state index contributed by atoms with van der Waals surface area (Å²) < 4.78 is 0. The Morgan fingerprint density at radius 2 is 1.07 bits per heavy atom. The van der Waals surface area contributed by atoms with E-state index in [1.54, 1.807) is 0 Å². The van der Waals surface area contributed by atoms with Gasteiger partial charge < -0.3 is 14.4 Å². The van der Waals surface area contributed by atoms with E-state index in [9.17, 15) is 0 Å². The first-order valence-electron chi connectivity index (χ1n) is 3.12. The van der Waals surface area contributed by atoms with Crippen LogP contribution in [0.3, 0.4) is 0 Å². The number of hydrogen-bond donors (Lipinski definition) is 0. The molecule has 14 heavy (non-hydrogen) atoms. The van der Waals surface area contributed by atoms with Crippen LogP contribution in [0.5, 0.6) is 0 Å². The summed E-state index contributed by atoms with van der Waals surface area (Å²) in [6.07, 6.45) is 0. The summed E-state index contributed by atoms with van der Waals surface area (Å²) in [5.41, 5.74) is 1.32. The van der Waals surface area contributed by atoms with Crippen molar-refractivity contribution in [3.05, 3.63) is 35.9 Å². The number of carbonyl (C=O) groups excluding carboxylic acids is 3. The van der Waals surface area contributed by atoms with E-state index in [-0.39, 0.29) is 17.4 Å². The van der Waals surface area contributed by atoms with Gasteiger partial charge in [0.2, 0.25) is 0 Å². The van der Waals surface area contributed by atoms with Gasteiger partial charge in [-0.2, -0.15) is 0 Å². The van der Waals surface area contributed by atoms with E-state index in [2.05, 4.69) is 39.4 Å². The molecule has 0 saturated heterocycles. The van der Waals surface area contributed by atoms with Gasteiger partial charge in [0, 0.05) is 0 Å². The maximum absolute atomic E-state index is 7.75. The molecular weight excluding hydrogens is 220 g/mol.